The molecule has 20 heavy (non-hydrogen) atoms. The fourth-order valence-electron chi connectivity index (χ4n) is 1.57. The Balaban J connectivity index is 1.58. The topological polar surface area (TPSA) is 71.4 Å². The van der Waals surface area contributed by atoms with Crippen molar-refractivity contribution in [3.05, 3.63) is 24.3 Å². The van der Waals surface area contributed by atoms with Crippen molar-refractivity contribution in [3.63, 3.8) is 0 Å². The normalized spacial score (nSPS) is 14.6. The van der Waals surface area contributed by atoms with Crippen LogP contribution in [0.25, 0.3) is 10.2 Å². The third-order valence-corrected chi connectivity index (χ3v) is 5.54. The number of thioether (sulfide) groups is 2. The number of thiazole rings is 1. The van der Waals surface area contributed by atoms with Gasteiger partial charge in [-0.25, -0.2) is 4.98 Å². The lowest BCUT2D eigenvalue weighted by molar-refractivity contribution is -0.115. The molecule has 5 nitrogen and oxygen atoms in total. The summed E-state index contributed by atoms with van der Waals surface area (Å²) in [5.41, 5.74) is 0.877. The number of aromatic nitrogens is 1. The molecule has 1 aliphatic rings. The smallest absolute Gasteiger partial charge is 0.257 e. The van der Waals surface area contributed by atoms with E-state index < -0.39 is 0 Å². The molecule has 1 aromatic heterocycles. The van der Waals surface area contributed by atoms with Gasteiger partial charge in [0.1, 0.15) is 4.38 Å². The number of aliphatic imine (C=N–C) groups is 1. The highest BCUT2D eigenvalue weighted by atomic mass is 32.2. The number of rotatable bonds is 3. The average molecular weight is 323 g/mol. The second kappa shape index (κ2) is 5.94. The minimum Gasteiger partial charge on any atom is -0.301 e. The Morgan fingerprint density at radius 3 is 3.00 bits per heavy atom. The van der Waals surface area contributed by atoms with Gasteiger partial charge in [-0.2, -0.15) is 4.99 Å². The lowest BCUT2D eigenvalue weighted by Gasteiger charge is -2.00. The van der Waals surface area contributed by atoms with Gasteiger partial charge in [-0.3, -0.25) is 9.59 Å². The van der Waals surface area contributed by atoms with Gasteiger partial charge in [-0.15, -0.1) is 0 Å². The number of carbonyl (C=O) groups is 2. The molecule has 0 saturated heterocycles. The van der Waals surface area contributed by atoms with Crippen molar-refractivity contribution in [3.8, 4) is 0 Å². The van der Waals surface area contributed by atoms with Crippen molar-refractivity contribution in [1.29, 1.82) is 0 Å². The number of fused-ring (bicyclic) bond motifs is 1. The van der Waals surface area contributed by atoms with E-state index in [1.54, 1.807) is 0 Å². The Labute approximate surface area is 127 Å². The molecule has 3 rings (SSSR count). The van der Waals surface area contributed by atoms with Crippen LogP contribution < -0.4 is 5.32 Å². The van der Waals surface area contributed by atoms with Crippen LogP contribution in [-0.4, -0.2) is 32.7 Å². The fraction of sp³-hybridized carbons (Fsp3) is 0.167. The van der Waals surface area contributed by atoms with Gasteiger partial charge in [0.15, 0.2) is 5.13 Å². The van der Waals surface area contributed by atoms with Gasteiger partial charge in [0.05, 0.1) is 21.7 Å². The van der Waals surface area contributed by atoms with Crippen molar-refractivity contribution in [2.45, 2.75) is 0 Å². The molecule has 0 bridgehead atoms. The summed E-state index contributed by atoms with van der Waals surface area (Å²) in [5, 5.41) is 3.36. The van der Waals surface area contributed by atoms with Crippen LogP contribution in [-0.2, 0) is 9.59 Å². The first kappa shape index (κ1) is 13.6. The first-order valence-corrected chi connectivity index (χ1v) is 8.52. The van der Waals surface area contributed by atoms with Crippen LogP contribution in [0.1, 0.15) is 0 Å². The predicted octanol–water partition coefficient (Wildman–Crippen LogP) is 2.60. The molecule has 1 aliphatic heterocycles. The lowest BCUT2D eigenvalue weighted by atomic mass is 10.3. The number of carbonyl (C=O) groups excluding carboxylic acids is 2. The van der Waals surface area contributed by atoms with E-state index in [0.29, 0.717) is 15.3 Å². The summed E-state index contributed by atoms with van der Waals surface area (Å²) >= 11 is 4.09. The first-order valence-electron chi connectivity index (χ1n) is 5.73. The molecule has 0 atom stereocenters. The van der Waals surface area contributed by atoms with Crippen molar-refractivity contribution in [2.75, 3.05) is 16.8 Å². The van der Waals surface area contributed by atoms with E-state index >= 15 is 0 Å². The van der Waals surface area contributed by atoms with E-state index in [-0.39, 0.29) is 17.6 Å². The summed E-state index contributed by atoms with van der Waals surface area (Å²) in [7, 11) is 0. The largest absolute Gasteiger partial charge is 0.301 e. The van der Waals surface area contributed by atoms with E-state index in [4.69, 9.17) is 0 Å². The Kier molecular flexibility index (Phi) is 4.04. The molecule has 0 radical (unpaired) electrons. The number of benzene rings is 1. The Hall–Kier alpha value is -1.38. The molecule has 0 fully saturated rings. The van der Waals surface area contributed by atoms with Gasteiger partial charge in [0.25, 0.3) is 5.91 Å². The van der Waals surface area contributed by atoms with E-state index in [1.165, 1.54) is 34.9 Å². The summed E-state index contributed by atoms with van der Waals surface area (Å²) in [6.07, 6.45) is 0. The SMILES string of the molecule is O=C1CSC(SCC(=O)Nc2nc3ccccc3s2)=N1. The Morgan fingerprint density at radius 2 is 2.25 bits per heavy atom. The van der Waals surface area contributed by atoms with E-state index in [1.807, 2.05) is 24.3 Å². The summed E-state index contributed by atoms with van der Waals surface area (Å²) in [6, 6.07) is 7.73. The number of amides is 2. The van der Waals surface area contributed by atoms with E-state index in [2.05, 4.69) is 15.3 Å². The molecule has 0 unspecified atom stereocenters. The van der Waals surface area contributed by atoms with Crippen LogP contribution in [0.5, 0.6) is 0 Å². The quantitative estimate of drug-likeness (QED) is 0.940. The molecule has 1 N–H and O–H groups in total. The van der Waals surface area contributed by atoms with Gasteiger partial charge < -0.3 is 5.32 Å². The standard InChI is InChI=1S/C12H9N3O2S3/c16-9(5-18-12-15-10(17)6-19-12)14-11-13-7-3-1-2-4-8(7)20-11/h1-4H,5-6H2,(H,13,14,16). The second-order valence-electron chi connectivity index (χ2n) is 3.88. The van der Waals surface area contributed by atoms with Crippen LogP contribution in [0.4, 0.5) is 5.13 Å². The average Bonchev–Trinajstić information content (AvgIpc) is 3.01. The summed E-state index contributed by atoms with van der Waals surface area (Å²) in [6.45, 7) is 0. The van der Waals surface area contributed by atoms with Gasteiger partial charge >= 0.3 is 0 Å². The van der Waals surface area contributed by atoms with Crippen molar-refractivity contribution in [1.82, 2.24) is 4.98 Å². The van der Waals surface area contributed by atoms with Crippen LogP contribution in [0.3, 0.4) is 0 Å². The van der Waals surface area contributed by atoms with Gasteiger partial charge in [0, 0.05) is 0 Å². The van der Waals surface area contributed by atoms with Crippen molar-refractivity contribution < 1.29 is 9.59 Å². The molecule has 2 heterocycles. The van der Waals surface area contributed by atoms with Gasteiger partial charge in [0.2, 0.25) is 5.91 Å². The fourth-order valence-corrected chi connectivity index (χ4v) is 4.11. The van der Waals surface area contributed by atoms with Gasteiger partial charge in [-0.1, -0.05) is 47.0 Å². The zero-order valence-electron chi connectivity index (χ0n) is 10.2. The van der Waals surface area contributed by atoms with Crippen LogP contribution in [0.2, 0.25) is 0 Å². The number of hydrogen-bond acceptors (Lipinski definition) is 6. The zero-order chi connectivity index (χ0) is 13.9. The molecule has 0 spiro atoms. The minimum absolute atomic E-state index is 0.135. The minimum atomic E-state index is -0.142. The third kappa shape index (κ3) is 3.20. The molecule has 0 saturated carbocycles. The van der Waals surface area contributed by atoms with E-state index in [9.17, 15) is 9.59 Å². The highest BCUT2D eigenvalue weighted by molar-refractivity contribution is 8.39. The molecular formula is C12H9N3O2S3. The monoisotopic (exact) mass is 323 g/mol. The van der Waals surface area contributed by atoms with Gasteiger partial charge in [-0.05, 0) is 12.1 Å². The van der Waals surface area contributed by atoms with Crippen LogP contribution in [0.15, 0.2) is 29.3 Å². The highest BCUT2D eigenvalue weighted by Gasteiger charge is 2.16. The molecule has 102 valence electrons. The molecule has 0 aliphatic carbocycles. The summed E-state index contributed by atoms with van der Waals surface area (Å²) < 4.78 is 1.70. The molecule has 8 heteroatoms. The highest BCUT2D eigenvalue weighted by Crippen LogP contribution is 2.26. The molecule has 1 aromatic carbocycles. The van der Waals surface area contributed by atoms with Crippen LogP contribution in [0, 0.1) is 0 Å². The zero-order valence-corrected chi connectivity index (χ0v) is 12.6. The van der Waals surface area contributed by atoms with Crippen molar-refractivity contribution >= 4 is 66.4 Å². The second-order valence-corrected chi connectivity index (χ2v) is 7.10. The van der Waals surface area contributed by atoms with E-state index in [0.717, 1.165) is 10.2 Å². The number of nitrogens with one attached hydrogen (secondary N) is 1. The Bertz CT molecular complexity index is 678. The van der Waals surface area contributed by atoms with Crippen molar-refractivity contribution in [2.24, 2.45) is 4.99 Å². The maximum atomic E-state index is 11.8. The predicted molar refractivity (Wildman–Crippen MR) is 85.6 cm³/mol. The lowest BCUT2D eigenvalue weighted by Crippen LogP contribution is -2.14. The Morgan fingerprint density at radius 1 is 1.40 bits per heavy atom. The maximum Gasteiger partial charge on any atom is 0.257 e. The number of para-hydroxylation sites is 1. The molecule has 2 amide bonds. The maximum absolute atomic E-state index is 11.8. The summed E-state index contributed by atoms with van der Waals surface area (Å²) in [5.74, 6) is 0.331. The third-order valence-electron chi connectivity index (χ3n) is 2.40. The molecule has 2 aromatic rings. The molecular weight excluding hydrogens is 314 g/mol. The van der Waals surface area contributed by atoms with Crippen LogP contribution >= 0.6 is 34.9 Å². The summed E-state index contributed by atoms with van der Waals surface area (Å²) in [4.78, 5) is 30.9. The number of anilines is 1. The first-order chi connectivity index (χ1) is 9.70. The number of nitrogens with zero attached hydrogens (tertiary/aromatic N) is 2. The number of hydrogen-bond donors (Lipinski definition) is 1.